The Morgan fingerprint density at radius 2 is 2.17 bits per heavy atom. The molecular formula is C17H22N4O3. The zero-order chi connectivity index (χ0) is 17.3. The molecule has 1 aromatic heterocycles. The number of methoxy groups -OCH3 is 1. The summed E-state index contributed by atoms with van der Waals surface area (Å²) in [6.07, 6.45) is 2.55. The summed E-state index contributed by atoms with van der Waals surface area (Å²) >= 11 is 0. The molecule has 128 valence electrons. The van der Waals surface area contributed by atoms with Gasteiger partial charge in [0.25, 0.3) is 0 Å². The zero-order valence-corrected chi connectivity index (χ0v) is 13.9. The number of amides is 1. The Labute approximate surface area is 141 Å². The summed E-state index contributed by atoms with van der Waals surface area (Å²) in [4.78, 5) is 17.6. The van der Waals surface area contributed by atoms with Gasteiger partial charge >= 0.3 is 0 Å². The lowest BCUT2D eigenvalue weighted by Gasteiger charge is -2.35. The van der Waals surface area contributed by atoms with E-state index < -0.39 is 6.10 Å². The number of carbonyl (C=O) groups is 1. The van der Waals surface area contributed by atoms with E-state index in [1.807, 2.05) is 6.07 Å². The van der Waals surface area contributed by atoms with Crippen molar-refractivity contribution in [3.63, 3.8) is 0 Å². The minimum Gasteiger partial charge on any atom is -0.480 e. The van der Waals surface area contributed by atoms with Crippen LogP contribution in [0.4, 0.5) is 5.69 Å². The standard InChI is InChI=1S/C17H22N4O3/c1-10(22)20-14-5-11-8-21(9-12(11)6-16(14)23)15-3-4-19-17(24-2)13(15)7-18/h3-4,11-12,14,16,23H,5-6,8-9H2,1-2H3,(H,20,22)/t11-,12+,14-,16-/m1/s1. The van der Waals surface area contributed by atoms with Crippen molar-refractivity contribution in [2.75, 3.05) is 25.1 Å². The molecule has 2 N–H and O–H groups in total. The minimum atomic E-state index is -0.516. The van der Waals surface area contributed by atoms with Crippen molar-refractivity contribution in [1.29, 1.82) is 5.26 Å². The Morgan fingerprint density at radius 3 is 2.79 bits per heavy atom. The third-order valence-corrected chi connectivity index (χ3v) is 5.07. The normalized spacial score (nSPS) is 28.8. The molecule has 2 aliphatic rings. The molecule has 1 aromatic rings. The van der Waals surface area contributed by atoms with Crippen molar-refractivity contribution >= 4 is 11.6 Å². The molecule has 1 aliphatic carbocycles. The molecule has 2 heterocycles. The lowest BCUT2D eigenvalue weighted by Crippen LogP contribution is -2.48. The number of pyridine rings is 1. The highest BCUT2D eigenvalue weighted by Gasteiger charge is 2.42. The first kappa shape index (κ1) is 16.5. The van der Waals surface area contributed by atoms with E-state index >= 15 is 0 Å². The molecule has 0 unspecified atom stereocenters. The number of anilines is 1. The predicted octanol–water partition coefficient (Wildman–Crippen LogP) is 0.674. The molecule has 1 saturated heterocycles. The molecule has 1 aliphatic heterocycles. The second-order valence-corrected chi connectivity index (χ2v) is 6.60. The van der Waals surface area contributed by atoms with Gasteiger partial charge in [-0.15, -0.1) is 0 Å². The van der Waals surface area contributed by atoms with Crippen LogP contribution in [-0.2, 0) is 4.79 Å². The third-order valence-electron chi connectivity index (χ3n) is 5.07. The summed E-state index contributed by atoms with van der Waals surface area (Å²) < 4.78 is 5.19. The molecule has 1 amide bonds. The molecule has 3 rings (SSSR count). The lowest BCUT2D eigenvalue weighted by atomic mass is 9.77. The van der Waals surface area contributed by atoms with E-state index in [9.17, 15) is 15.2 Å². The van der Waals surface area contributed by atoms with Gasteiger partial charge in [0.05, 0.1) is 24.9 Å². The summed E-state index contributed by atoms with van der Waals surface area (Å²) in [6.45, 7) is 3.06. The van der Waals surface area contributed by atoms with Crippen LogP contribution >= 0.6 is 0 Å². The second-order valence-electron chi connectivity index (χ2n) is 6.60. The number of hydrogen-bond acceptors (Lipinski definition) is 6. The topological polar surface area (TPSA) is 98.5 Å². The highest BCUT2D eigenvalue weighted by molar-refractivity contribution is 5.73. The molecule has 24 heavy (non-hydrogen) atoms. The van der Waals surface area contributed by atoms with Crippen LogP contribution in [0.5, 0.6) is 5.88 Å². The van der Waals surface area contributed by atoms with Crippen LogP contribution in [0.25, 0.3) is 0 Å². The second kappa shape index (κ2) is 6.65. The number of nitrogens with zero attached hydrogens (tertiary/aromatic N) is 3. The molecule has 0 aromatic carbocycles. The van der Waals surface area contributed by atoms with E-state index in [1.54, 1.807) is 6.20 Å². The van der Waals surface area contributed by atoms with Crippen LogP contribution in [0.3, 0.4) is 0 Å². The lowest BCUT2D eigenvalue weighted by molar-refractivity contribution is -0.121. The number of rotatable bonds is 3. The Bertz CT molecular complexity index is 672. The maximum atomic E-state index is 11.3. The highest BCUT2D eigenvalue weighted by atomic mass is 16.5. The van der Waals surface area contributed by atoms with Gasteiger partial charge in [-0.1, -0.05) is 0 Å². The van der Waals surface area contributed by atoms with E-state index in [4.69, 9.17) is 4.74 Å². The Balaban J connectivity index is 1.79. The van der Waals surface area contributed by atoms with Crippen LogP contribution in [0.15, 0.2) is 12.3 Å². The third kappa shape index (κ3) is 3.02. The van der Waals surface area contributed by atoms with Gasteiger partial charge in [-0.25, -0.2) is 4.98 Å². The number of aliphatic hydroxyl groups excluding tert-OH is 1. The average Bonchev–Trinajstić information content (AvgIpc) is 2.96. The smallest absolute Gasteiger partial charge is 0.233 e. The van der Waals surface area contributed by atoms with Crippen LogP contribution in [0.1, 0.15) is 25.3 Å². The van der Waals surface area contributed by atoms with Gasteiger partial charge in [-0.05, 0) is 30.7 Å². The van der Waals surface area contributed by atoms with Gasteiger partial charge in [0.1, 0.15) is 11.6 Å². The molecule has 7 heteroatoms. The van der Waals surface area contributed by atoms with E-state index in [0.717, 1.165) is 25.2 Å². The minimum absolute atomic E-state index is 0.113. The van der Waals surface area contributed by atoms with Gasteiger partial charge in [0, 0.05) is 26.2 Å². The van der Waals surface area contributed by atoms with Crippen molar-refractivity contribution in [1.82, 2.24) is 10.3 Å². The molecule has 1 saturated carbocycles. The first-order valence-electron chi connectivity index (χ1n) is 8.16. The average molecular weight is 330 g/mol. The van der Waals surface area contributed by atoms with Crippen molar-refractivity contribution in [2.45, 2.75) is 31.9 Å². The predicted molar refractivity (Wildman–Crippen MR) is 87.5 cm³/mol. The number of ether oxygens (including phenoxy) is 1. The molecule has 2 fully saturated rings. The summed E-state index contributed by atoms with van der Waals surface area (Å²) in [5, 5.41) is 22.6. The van der Waals surface area contributed by atoms with Crippen molar-refractivity contribution in [3.8, 4) is 11.9 Å². The zero-order valence-electron chi connectivity index (χ0n) is 13.9. The van der Waals surface area contributed by atoms with Gasteiger partial charge in [0.2, 0.25) is 11.8 Å². The number of hydrogen-bond donors (Lipinski definition) is 2. The maximum absolute atomic E-state index is 11.3. The van der Waals surface area contributed by atoms with Crippen LogP contribution in [0.2, 0.25) is 0 Å². The van der Waals surface area contributed by atoms with Crippen LogP contribution in [-0.4, -0.2) is 48.3 Å². The number of nitriles is 1. The first-order valence-corrected chi connectivity index (χ1v) is 8.16. The molecule has 0 spiro atoms. The van der Waals surface area contributed by atoms with Gasteiger partial charge in [-0.3, -0.25) is 4.79 Å². The SMILES string of the molecule is COc1nccc(N2C[C@H]3C[C@@H](NC(C)=O)[C@H](O)C[C@H]3C2)c1C#N. The highest BCUT2D eigenvalue weighted by Crippen LogP contribution is 2.40. The van der Waals surface area contributed by atoms with Gasteiger partial charge < -0.3 is 20.1 Å². The fourth-order valence-corrected chi connectivity index (χ4v) is 4.00. The molecule has 0 radical (unpaired) electrons. The molecule has 4 atom stereocenters. The summed E-state index contributed by atoms with van der Waals surface area (Å²) in [7, 11) is 1.51. The number of fused-ring (bicyclic) bond motifs is 1. The summed E-state index contributed by atoms with van der Waals surface area (Å²) in [6, 6.07) is 3.83. The van der Waals surface area contributed by atoms with Crippen molar-refractivity contribution in [2.24, 2.45) is 11.8 Å². The van der Waals surface area contributed by atoms with Gasteiger partial charge in [-0.2, -0.15) is 5.26 Å². The molecular weight excluding hydrogens is 308 g/mol. The number of nitrogens with one attached hydrogen (secondary N) is 1. The van der Waals surface area contributed by atoms with Crippen LogP contribution < -0.4 is 15.0 Å². The van der Waals surface area contributed by atoms with E-state index in [-0.39, 0.29) is 11.9 Å². The van der Waals surface area contributed by atoms with E-state index in [2.05, 4.69) is 21.3 Å². The fourth-order valence-electron chi connectivity index (χ4n) is 4.00. The molecule has 7 nitrogen and oxygen atoms in total. The van der Waals surface area contributed by atoms with E-state index in [0.29, 0.717) is 29.7 Å². The van der Waals surface area contributed by atoms with E-state index in [1.165, 1.54) is 14.0 Å². The fraction of sp³-hybridized carbons (Fsp3) is 0.588. The largest absolute Gasteiger partial charge is 0.480 e. The van der Waals surface area contributed by atoms with Crippen molar-refractivity contribution < 1.29 is 14.6 Å². The summed E-state index contributed by atoms with van der Waals surface area (Å²) in [5.41, 5.74) is 1.27. The van der Waals surface area contributed by atoms with Gasteiger partial charge in [0.15, 0.2) is 0 Å². The molecule has 0 bridgehead atoms. The quantitative estimate of drug-likeness (QED) is 0.845. The monoisotopic (exact) mass is 330 g/mol. The van der Waals surface area contributed by atoms with Crippen molar-refractivity contribution in [3.05, 3.63) is 17.8 Å². The van der Waals surface area contributed by atoms with Crippen LogP contribution in [0, 0.1) is 23.2 Å². The number of aromatic nitrogens is 1. The number of aliphatic hydroxyl groups is 1. The Morgan fingerprint density at radius 1 is 1.46 bits per heavy atom. The Kier molecular flexibility index (Phi) is 4.58. The number of carbonyl (C=O) groups excluding carboxylic acids is 1. The maximum Gasteiger partial charge on any atom is 0.233 e. The summed E-state index contributed by atoms with van der Waals surface area (Å²) in [5.74, 6) is 0.964. The Hall–Kier alpha value is -2.33. The first-order chi connectivity index (χ1) is 11.5.